The van der Waals surface area contributed by atoms with Gasteiger partial charge in [0.15, 0.2) is 0 Å². The molecule has 0 aromatic carbocycles. The van der Waals surface area contributed by atoms with Crippen molar-refractivity contribution < 1.29 is 22.7 Å². The van der Waals surface area contributed by atoms with Crippen molar-refractivity contribution >= 4 is 6.09 Å². The van der Waals surface area contributed by atoms with Gasteiger partial charge in [-0.05, 0) is 6.42 Å². The molecule has 0 unspecified atom stereocenters. The maximum absolute atomic E-state index is 11.5. The summed E-state index contributed by atoms with van der Waals surface area (Å²) >= 11 is 0. The summed E-state index contributed by atoms with van der Waals surface area (Å²) < 4.78 is 38.7. The molecule has 1 amide bonds. The Kier molecular flexibility index (Phi) is 4.42. The molecule has 0 bridgehead atoms. The molecule has 7 heteroatoms. The number of alkyl halides is 3. The van der Waals surface area contributed by atoms with Crippen molar-refractivity contribution in [3.8, 4) is 0 Å². The van der Waals surface area contributed by atoms with Crippen molar-refractivity contribution in [2.24, 2.45) is 5.84 Å². The number of halogens is 3. The van der Waals surface area contributed by atoms with E-state index < -0.39 is 18.7 Å². The van der Waals surface area contributed by atoms with E-state index in [1.165, 1.54) is 0 Å². The lowest BCUT2D eigenvalue weighted by atomic mass is 10.3. The van der Waals surface area contributed by atoms with E-state index in [2.05, 4.69) is 10.6 Å². The lowest BCUT2D eigenvalue weighted by Gasteiger charge is -2.05. The van der Waals surface area contributed by atoms with E-state index in [4.69, 9.17) is 0 Å². The molecule has 12 heavy (non-hydrogen) atoms. The Morgan fingerprint density at radius 1 is 1.50 bits per heavy atom. The van der Waals surface area contributed by atoms with Crippen LogP contribution in [0.25, 0.3) is 0 Å². The maximum atomic E-state index is 11.5. The number of carbonyl (C=O) groups is 1. The zero-order valence-corrected chi connectivity index (χ0v) is 6.15. The highest BCUT2D eigenvalue weighted by Gasteiger charge is 2.26. The molecule has 0 radical (unpaired) electrons. The van der Waals surface area contributed by atoms with Gasteiger partial charge in [0.1, 0.15) is 0 Å². The Hall–Kier alpha value is -0.980. The Morgan fingerprint density at radius 2 is 2.08 bits per heavy atom. The van der Waals surface area contributed by atoms with Gasteiger partial charge >= 0.3 is 12.3 Å². The fourth-order valence-electron chi connectivity index (χ4n) is 0.479. The van der Waals surface area contributed by atoms with Crippen LogP contribution < -0.4 is 11.3 Å². The second-order valence-electron chi connectivity index (χ2n) is 2.00. The van der Waals surface area contributed by atoms with Crippen molar-refractivity contribution in [3.63, 3.8) is 0 Å². The molecule has 0 fully saturated rings. The lowest BCUT2D eigenvalue weighted by Crippen LogP contribution is -2.31. The largest absolute Gasteiger partial charge is 0.449 e. The molecule has 0 aliphatic carbocycles. The summed E-state index contributed by atoms with van der Waals surface area (Å²) in [5.74, 6) is 4.59. The first kappa shape index (κ1) is 11.0. The van der Waals surface area contributed by atoms with Crippen LogP contribution in [0.5, 0.6) is 0 Å². The van der Waals surface area contributed by atoms with Crippen molar-refractivity contribution in [3.05, 3.63) is 0 Å². The fourth-order valence-corrected chi connectivity index (χ4v) is 0.479. The van der Waals surface area contributed by atoms with Crippen molar-refractivity contribution in [1.29, 1.82) is 0 Å². The van der Waals surface area contributed by atoms with Crippen molar-refractivity contribution in [2.75, 3.05) is 6.61 Å². The standard InChI is InChI=1S/C5H9F3N2O2/c6-5(7,8)2-1-3-12-4(11)10-9/h1-3,9H2,(H,10,11). The molecule has 72 valence electrons. The molecule has 0 aromatic heterocycles. The molecule has 0 aromatic rings. The smallest absolute Gasteiger partial charge is 0.421 e. The summed E-state index contributed by atoms with van der Waals surface area (Å²) in [5.41, 5.74) is 1.62. The third-order valence-electron chi connectivity index (χ3n) is 0.956. The van der Waals surface area contributed by atoms with Crippen LogP contribution in [-0.4, -0.2) is 18.9 Å². The molecular weight excluding hydrogens is 177 g/mol. The average molecular weight is 186 g/mol. The average Bonchev–Trinajstić information content (AvgIpc) is 1.96. The first-order chi connectivity index (χ1) is 5.45. The minimum absolute atomic E-state index is 0.253. The Morgan fingerprint density at radius 3 is 2.50 bits per heavy atom. The molecule has 0 atom stereocenters. The number of rotatable bonds is 3. The monoisotopic (exact) mass is 186 g/mol. The quantitative estimate of drug-likeness (QED) is 0.298. The van der Waals surface area contributed by atoms with Crippen LogP contribution in [0.3, 0.4) is 0 Å². The van der Waals surface area contributed by atoms with Crippen LogP contribution >= 0.6 is 0 Å². The number of hydrogen-bond donors (Lipinski definition) is 2. The van der Waals surface area contributed by atoms with Gasteiger partial charge in [0.05, 0.1) is 6.61 Å². The highest BCUT2D eigenvalue weighted by Crippen LogP contribution is 2.20. The zero-order chi connectivity index (χ0) is 9.61. The molecule has 0 aliphatic heterocycles. The van der Waals surface area contributed by atoms with Crippen LogP contribution in [0.4, 0.5) is 18.0 Å². The second kappa shape index (κ2) is 4.81. The predicted molar refractivity (Wildman–Crippen MR) is 34.0 cm³/mol. The van der Waals surface area contributed by atoms with Gasteiger partial charge in [0, 0.05) is 6.42 Å². The predicted octanol–water partition coefficient (Wildman–Crippen LogP) is 0.929. The van der Waals surface area contributed by atoms with E-state index in [0.717, 1.165) is 0 Å². The molecule has 0 spiro atoms. The van der Waals surface area contributed by atoms with Gasteiger partial charge in [-0.1, -0.05) is 0 Å². The van der Waals surface area contributed by atoms with E-state index >= 15 is 0 Å². The highest BCUT2D eigenvalue weighted by molar-refractivity contribution is 5.66. The van der Waals surface area contributed by atoms with Crippen LogP contribution in [0, 0.1) is 0 Å². The first-order valence-corrected chi connectivity index (χ1v) is 3.16. The molecular formula is C5H9F3N2O2. The summed E-state index contributed by atoms with van der Waals surface area (Å²) in [6.45, 7) is -0.289. The summed E-state index contributed by atoms with van der Waals surface area (Å²) in [6.07, 6.45) is -6.36. The van der Waals surface area contributed by atoms with Gasteiger partial charge in [-0.2, -0.15) is 13.2 Å². The third-order valence-corrected chi connectivity index (χ3v) is 0.956. The highest BCUT2D eigenvalue weighted by atomic mass is 19.4. The minimum atomic E-state index is -4.21. The van der Waals surface area contributed by atoms with Gasteiger partial charge in [0.2, 0.25) is 0 Å². The van der Waals surface area contributed by atoms with E-state index in [1.54, 1.807) is 5.43 Å². The normalized spacial score (nSPS) is 11.0. The summed E-state index contributed by atoms with van der Waals surface area (Å²) in [7, 11) is 0. The van der Waals surface area contributed by atoms with Crippen LogP contribution in [0.2, 0.25) is 0 Å². The summed E-state index contributed by atoms with van der Waals surface area (Å²) in [5, 5.41) is 0. The molecule has 0 saturated carbocycles. The molecule has 3 N–H and O–H groups in total. The number of carbonyl (C=O) groups excluding carboxylic acids is 1. The number of amides is 1. The number of hydrogen-bond acceptors (Lipinski definition) is 3. The van der Waals surface area contributed by atoms with Gasteiger partial charge in [-0.25, -0.2) is 10.6 Å². The number of nitrogens with one attached hydrogen (secondary N) is 1. The molecule has 4 nitrogen and oxygen atoms in total. The van der Waals surface area contributed by atoms with Crippen molar-refractivity contribution in [2.45, 2.75) is 19.0 Å². The molecule has 0 heterocycles. The Bertz CT molecular complexity index is 148. The third kappa shape index (κ3) is 7.13. The van der Waals surface area contributed by atoms with Gasteiger partial charge in [-0.15, -0.1) is 0 Å². The van der Waals surface area contributed by atoms with Crippen LogP contribution in [0.15, 0.2) is 0 Å². The van der Waals surface area contributed by atoms with E-state index in [0.29, 0.717) is 0 Å². The Balaban J connectivity index is 3.28. The topological polar surface area (TPSA) is 64.3 Å². The van der Waals surface area contributed by atoms with E-state index in [9.17, 15) is 18.0 Å². The van der Waals surface area contributed by atoms with Gasteiger partial charge in [-0.3, -0.25) is 5.43 Å². The zero-order valence-electron chi connectivity index (χ0n) is 6.15. The van der Waals surface area contributed by atoms with Gasteiger partial charge in [0.25, 0.3) is 0 Å². The van der Waals surface area contributed by atoms with Crippen molar-refractivity contribution in [1.82, 2.24) is 5.43 Å². The minimum Gasteiger partial charge on any atom is -0.449 e. The van der Waals surface area contributed by atoms with Crippen LogP contribution in [-0.2, 0) is 4.74 Å². The van der Waals surface area contributed by atoms with E-state index in [-0.39, 0.29) is 13.0 Å². The first-order valence-electron chi connectivity index (χ1n) is 3.16. The number of nitrogens with two attached hydrogens (primary N) is 1. The molecule has 0 rings (SSSR count). The fraction of sp³-hybridized carbons (Fsp3) is 0.800. The second-order valence-corrected chi connectivity index (χ2v) is 2.00. The number of ether oxygens (including phenoxy) is 1. The molecule has 0 saturated heterocycles. The van der Waals surface area contributed by atoms with Crippen LogP contribution in [0.1, 0.15) is 12.8 Å². The lowest BCUT2D eigenvalue weighted by molar-refractivity contribution is -0.137. The van der Waals surface area contributed by atoms with E-state index in [1.807, 2.05) is 0 Å². The number of hydrazine groups is 1. The SMILES string of the molecule is NNC(=O)OCCCC(F)(F)F. The molecule has 0 aliphatic rings. The summed E-state index contributed by atoms with van der Waals surface area (Å²) in [4.78, 5) is 10.2. The maximum Gasteiger partial charge on any atom is 0.421 e. The Labute approximate surface area is 66.8 Å². The summed E-state index contributed by atoms with van der Waals surface area (Å²) in [6, 6.07) is 0. The van der Waals surface area contributed by atoms with Gasteiger partial charge < -0.3 is 4.74 Å².